The van der Waals surface area contributed by atoms with Gasteiger partial charge in [0.2, 0.25) is 0 Å². The van der Waals surface area contributed by atoms with Crippen molar-refractivity contribution in [3.63, 3.8) is 0 Å². The molecule has 0 saturated carbocycles. The largest absolute Gasteiger partial charge is 0.373 e. The molecule has 2 N–H and O–H groups in total. The fraction of sp³-hybridized carbons (Fsp3) is 0.800. The summed E-state index contributed by atoms with van der Waals surface area (Å²) in [5.41, 5.74) is 2.62. The van der Waals surface area contributed by atoms with Crippen molar-refractivity contribution in [1.82, 2.24) is 0 Å². The van der Waals surface area contributed by atoms with Crippen LogP contribution >= 0.6 is 0 Å². The topological polar surface area (TPSA) is 58.9 Å². The van der Waals surface area contributed by atoms with E-state index in [4.69, 9.17) is 9.47 Å². The van der Waals surface area contributed by atoms with E-state index in [-0.39, 0.29) is 11.8 Å². The monoisotopic (exact) mass is 198 g/mol. The van der Waals surface area contributed by atoms with E-state index < -0.39 is 12.6 Å². The van der Waals surface area contributed by atoms with Crippen LogP contribution in [0.25, 0.3) is 0 Å². The number of hydrogen-bond donors (Lipinski definition) is 2. The first-order valence-electron chi connectivity index (χ1n) is 5.05. The quantitative estimate of drug-likeness (QED) is 0.538. The van der Waals surface area contributed by atoms with Crippen LogP contribution in [0.2, 0.25) is 0 Å². The molecule has 0 radical (unpaired) electrons. The van der Waals surface area contributed by atoms with E-state index in [0.717, 1.165) is 12.8 Å². The van der Waals surface area contributed by atoms with E-state index in [1.807, 2.05) is 0 Å². The lowest BCUT2D eigenvalue weighted by Gasteiger charge is -2.26. The summed E-state index contributed by atoms with van der Waals surface area (Å²) >= 11 is 0. The molecule has 2 heterocycles. The molecule has 14 heavy (non-hydrogen) atoms. The van der Waals surface area contributed by atoms with Crippen LogP contribution in [0, 0.1) is 11.8 Å². The van der Waals surface area contributed by atoms with Crippen LogP contribution in [-0.4, -0.2) is 36.0 Å². The van der Waals surface area contributed by atoms with Gasteiger partial charge in [0.15, 0.2) is 12.6 Å². The summed E-state index contributed by atoms with van der Waals surface area (Å²) in [7, 11) is 0. The van der Waals surface area contributed by atoms with Crippen molar-refractivity contribution in [3.8, 4) is 0 Å². The molecule has 3 aliphatic rings. The van der Waals surface area contributed by atoms with Gasteiger partial charge in [-0.25, -0.2) is 0 Å². The summed E-state index contributed by atoms with van der Waals surface area (Å²) in [5.74, 6) is 0.121. The highest BCUT2D eigenvalue weighted by Gasteiger charge is 2.46. The van der Waals surface area contributed by atoms with Crippen molar-refractivity contribution in [3.05, 3.63) is 11.1 Å². The lowest BCUT2D eigenvalue weighted by molar-refractivity contribution is -0.172. The van der Waals surface area contributed by atoms with E-state index in [0.29, 0.717) is 13.2 Å². The van der Waals surface area contributed by atoms with Gasteiger partial charge in [-0.3, -0.25) is 0 Å². The highest BCUT2D eigenvalue weighted by atomic mass is 16.7. The molecule has 0 aromatic heterocycles. The Bertz CT molecular complexity index is 260. The van der Waals surface area contributed by atoms with Crippen molar-refractivity contribution in [2.45, 2.75) is 25.4 Å². The van der Waals surface area contributed by atoms with Gasteiger partial charge in [0.1, 0.15) is 0 Å². The van der Waals surface area contributed by atoms with Crippen LogP contribution in [0.1, 0.15) is 12.8 Å². The Balaban J connectivity index is 1.87. The Morgan fingerprint density at radius 1 is 0.929 bits per heavy atom. The molecule has 3 unspecified atom stereocenters. The number of rotatable bonds is 0. The Kier molecular flexibility index (Phi) is 1.92. The number of hydrogen-bond acceptors (Lipinski definition) is 4. The molecule has 78 valence electrons. The summed E-state index contributed by atoms with van der Waals surface area (Å²) in [4.78, 5) is 0. The van der Waals surface area contributed by atoms with E-state index in [1.54, 1.807) is 0 Å². The van der Waals surface area contributed by atoms with Gasteiger partial charge in [0, 0.05) is 11.8 Å². The summed E-state index contributed by atoms with van der Waals surface area (Å²) in [5, 5.41) is 19.1. The molecule has 3 rings (SSSR count). The van der Waals surface area contributed by atoms with Crippen molar-refractivity contribution in [2.75, 3.05) is 13.2 Å². The highest BCUT2D eigenvalue weighted by molar-refractivity contribution is 5.24. The van der Waals surface area contributed by atoms with Crippen LogP contribution < -0.4 is 0 Å². The minimum absolute atomic E-state index is 0.0606. The van der Waals surface area contributed by atoms with Crippen LogP contribution in [-0.2, 0) is 9.47 Å². The molecule has 0 aromatic carbocycles. The van der Waals surface area contributed by atoms with Crippen molar-refractivity contribution in [2.24, 2.45) is 11.8 Å². The first-order valence-corrected chi connectivity index (χ1v) is 5.05. The Morgan fingerprint density at radius 3 is 1.93 bits per heavy atom. The number of aliphatic hydroxyl groups is 2. The standard InChI is InChI=1S/C10H14O4/c11-9-7-1-5-3-13-4-6(5)2-8(7)10(12)14-9/h7-12H,1-4H2/t7?,8?,9-,10?/m0/s1. The summed E-state index contributed by atoms with van der Waals surface area (Å²) in [6.07, 6.45) is 0.0329. The molecule has 4 atom stereocenters. The third-order valence-electron chi connectivity index (χ3n) is 3.58. The predicted octanol–water partition coefficient (Wildman–Crippen LogP) is 0.00640. The zero-order chi connectivity index (χ0) is 9.71. The van der Waals surface area contributed by atoms with Gasteiger partial charge in [-0.05, 0) is 24.0 Å². The third-order valence-corrected chi connectivity index (χ3v) is 3.58. The maximum absolute atomic E-state index is 9.57. The zero-order valence-corrected chi connectivity index (χ0v) is 7.85. The predicted molar refractivity (Wildman–Crippen MR) is 47.2 cm³/mol. The summed E-state index contributed by atoms with van der Waals surface area (Å²) < 4.78 is 10.4. The molecule has 2 aliphatic heterocycles. The normalized spacial score (nSPS) is 46.7. The molecule has 0 spiro atoms. The molecule has 4 heteroatoms. The zero-order valence-electron chi connectivity index (χ0n) is 7.85. The van der Waals surface area contributed by atoms with Gasteiger partial charge in [-0.15, -0.1) is 0 Å². The minimum Gasteiger partial charge on any atom is -0.373 e. The second-order valence-corrected chi connectivity index (χ2v) is 4.35. The van der Waals surface area contributed by atoms with Crippen LogP contribution in [0.15, 0.2) is 11.1 Å². The van der Waals surface area contributed by atoms with E-state index in [1.165, 1.54) is 11.1 Å². The molecular weight excluding hydrogens is 184 g/mol. The fourth-order valence-corrected chi connectivity index (χ4v) is 2.75. The van der Waals surface area contributed by atoms with Crippen LogP contribution in [0.3, 0.4) is 0 Å². The summed E-state index contributed by atoms with van der Waals surface area (Å²) in [6, 6.07) is 0. The smallest absolute Gasteiger partial charge is 0.161 e. The molecule has 0 bridgehead atoms. The summed E-state index contributed by atoms with van der Waals surface area (Å²) in [6.45, 7) is 1.39. The molecule has 1 saturated heterocycles. The Labute approximate surface area is 82.1 Å². The second-order valence-electron chi connectivity index (χ2n) is 4.35. The third kappa shape index (κ3) is 1.15. The Hall–Kier alpha value is -0.420. The van der Waals surface area contributed by atoms with E-state index in [9.17, 15) is 10.2 Å². The van der Waals surface area contributed by atoms with E-state index >= 15 is 0 Å². The second kappa shape index (κ2) is 3.03. The van der Waals surface area contributed by atoms with Gasteiger partial charge in [0.25, 0.3) is 0 Å². The SMILES string of the molecule is OC1O[C@H](O)C2CC3=C(COC3)CC12. The maximum Gasteiger partial charge on any atom is 0.161 e. The van der Waals surface area contributed by atoms with Gasteiger partial charge in [-0.1, -0.05) is 0 Å². The van der Waals surface area contributed by atoms with Gasteiger partial charge in [0.05, 0.1) is 13.2 Å². The van der Waals surface area contributed by atoms with Crippen molar-refractivity contribution in [1.29, 1.82) is 0 Å². The number of aliphatic hydroxyl groups excluding tert-OH is 2. The van der Waals surface area contributed by atoms with Gasteiger partial charge >= 0.3 is 0 Å². The number of fused-ring (bicyclic) bond motifs is 1. The first kappa shape index (κ1) is 8.85. The van der Waals surface area contributed by atoms with Crippen LogP contribution in [0.5, 0.6) is 0 Å². The first-order chi connectivity index (χ1) is 6.75. The molecular formula is C10H14O4. The highest BCUT2D eigenvalue weighted by Crippen LogP contribution is 2.44. The molecule has 1 aliphatic carbocycles. The Morgan fingerprint density at radius 2 is 1.43 bits per heavy atom. The maximum atomic E-state index is 9.57. The van der Waals surface area contributed by atoms with Crippen molar-refractivity contribution >= 4 is 0 Å². The van der Waals surface area contributed by atoms with Crippen molar-refractivity contribution < 1.29 is 19.7 Å². The number of ether oxygens (including phenoxy) is 2. The minimum atomic E-state index is -0.801. The lowest BCUT2D eigenvalue weighted by atomic mass is 9.77. The molecule has 0 amide bonds. The molecule has 0 aromatic rings. The molecule has 1 fully saturated rings. The molecule has 4 nitrogen and oxygen atoms in total. The van der Waals surface area contributed by atoms with E-state index in [2.05, 4.69) is 0 Å². The average molecular weight is 198 g/mol. The average Bonchev–Trinajstić information content (AvgIpc) is 2.70. The lowest BCUT2D eigenvalue weighted by Crippen LogP contribution is -2.27. The van der Waals surface area contributed by atoms with Gasteiger partial charge in [-0.2, -0.15) is 0 Å². The van der Waals surface area contributed by atoms with Crippen LogP contribution in [0.4, 0.5) is 0 Å². The fourth-order valence-electron chi connectivity index (χ4n) is 2.75. The van der Waals surface area contributed by atoms with Gasteiger partial charge < -0.3 is 19.7 Å².